The predicted octanol–water partition coefficient (Wildman–Crippen LogP) is 2.81. The van der Waals surface area contributed by atoms with Gasteiger partial charge in [0, 0.05) is 20.1 Å². The average Bonchev–Trinajstić information content (AvgIpc) is 2.79. The molecular formula is C20H30N2O3. The number of piperidine rings is 1. The molecule has 1 aromatic rings. The molecule has 1 atom stereocenters. The van der Waals surface area contributed by atoms with Crippen molar-refractivity contribution in [3.63, 3.8) is 0 Å². The van der Waals surface area contributed by atoms with Gasteiger partial charge in [0.05, 0.1) is 12.1 Å². The van der Waals surface area contributed by atoms with Gasteiger partial charge in [-0.3, -0.25) is 4.90 Å². The first-order chi connectivity index (χ1) is 11.7. The highest BCUT2D eigenvalue weighted by Gasteiger charge is 2.46. The van der Waals surface area contributed by atoms with Crippen LogP contribution in [-0.4, -0.2) is 58.9 Å². The summed E-state index contributed by atoms with van der Waals surface area (Å²) in [5.74, 6) is 0. The Balaban J connectivity index is 1.56. The number of hydrogen-bond acceptors (Lipinski definition) is 4. The number of aryl methyl sites for hydroxylation is 1. The molecule has 2 aliphatic rings. The minimum Gasteiger partial charge on any atom is -0.440 e. The maximum absolute atomic E-state index is 11.7. The number of likely N-dealkylation sites (N-methyl/N-ethyl adjacent to an activating group) is 1. The van der Waals surface area contributed by atoms with Crippen LogP contribution in [0.2, 0.25) is 0 Å². The fourth-order valence-electron chi connectivity index (χ4n) is 3.85. The summed E-state index contributed by atoms with van der Waals surface area (Å²) in [5.41, 5.74) is 1.60. The summed E-state index contributed by atoms with van der Waals surface area (Å²) < 4.78 is 5.67. The minimum atomic E-state index is -0.618. The molecule has 0 saturated carbocycles. The number of nitrogens with zero attached hydrogens (tertiary/aromatic N) is 2. The van der Waals surface area contributed by atoms with Gasteiger partial charge >= 0.3 is 6.09 Å². The Morgan fingerprint density at radius 3 is 2.48 bits per heavy atom. The van der Waals surface area contributed by atoms with Gasteiger partial charge in [-0.05, 0) is 57.2 Å². The number of carbonyl (C=O) groups excluding carboxylic acids is 1. The van der Waals surface area contributed by atoms with Crippen LogP contribution in [0.15, 0.2) is 24.3 Å². The van der Waals surface area contributed by atoms with E-state index in [-0.39, 0.29) is 11.7 Å². The molecule has 2 heterocycles. The minimum absolute atomic E-state index is 0.196. The van der Waals surface area contributed by atoms with Crippen molar-refractivity contribution in [2.45, 2.75) is 57.3 Å². The summed E-state index contributed by atoms with van der Waals surface area (Å²) in [6, 6.07) is 8.66. The second kappa shape index (κ2) is 6.96. The summed E-state index contributed by atoms with van der Waals surface area (Å²) in [7, 11) is 1.81. The molecule has 0 bridgehead atoms. The Labute approximate surface area is 150 Å². The summed E-state index contributed by atoms with van der Waals surface area (Å²) in [6.07, 6.45) is 3.47. The standard InChI is InChI=1S/C20H30N2O3/c1-19(2,24)11-9-16-5-7-17(8-6-16)13-22-12-4-10-20(15-22)14-21(3)18(23)25-20/h5-8,24H,4,9-15H2,1-3H3/t20-/m1/s1. The lowest BCUT2D eigenvalue weighted by Crippen LogP contribution is -2.50. The summed E-state index contributed by atoms with van der Waals surface area (Å²) in [5, 5.41) is 9.84. The van der Waals surface area contributed by atoms with Crippen LogP contribution in [0.5, 0.6) is 0 Å². The molecule has 5 heteroatoms. The van der Waals surface area contributed by atoms with E-state index in [4.69, 9.17) is 4.74 Å². The first-order valence-corrected chi connectivity index (χ1v) is 9.21. The Kier molecular flexibility index (Phi) is 5.07. The van der Waals surface area contributed by atoms with Crippen molar-refractivity contribution in [3.05, 3.63) is 35.4 Å². The number of amides is 1. The third-order valence-corrected chi connectivity index (χ3v) is 5.21. The number of hydrogen-bond donors (Lipinski definition) is 1. The van der Waals surface area contributed by atoms with E-state index in [1.165, 1.54) is 11.1 Å². The van der Waals surface area contributed by atoms with Gasteiger partial charge in [-0.25, -0.2) is 4.79 Å². The van der Waals surface area contributed by atoms with Crippen LogP contribution in [-0.2, 0) is 17.7 Å². The zero-order valence-corrected chi connectivity index (χ0v) is 15.6. The third-order valence-electron chi connectivity index (χ3n) is 5.21. The van der Waals surface area contributed by atoms with Gasteiger partial charge in [-0.2, -0.15) is 0 Å². The molecular weight excluding hydrogens is 316 g/mol. The SMILES string of the molecule is CN1C[C@@]2(CCCN(Cc3ccc(CCC(C)(C)O)cc3)C2)OC1=O. The molecule has 2 fully saturated rings. The lowest BCUT2D eigenvalue weighted by atomic mass is 9.92. The van der Waals surface area contributed by atoms with Crippen LogP contribution >= 0.6 is 0 Å². The van der Waals surface area contributed by atoms with Crippen molar-refractivity contribution in [1.82, 2.24) is 9.80 Å². The van der Waals surface area contributed by atoms with E-state index < -0.39 is 5.60 Å². The lowest BCUT2D eigenvalue weighted by molar-refractivity contribution is -0.0113. The van der Waals surface area contributed by atoms with Crippen molar-refractivity contribution < 1.29 is 14.6 Å². The van der Waals surface area contributed by atoms with Gasteiger partial charge in [-0.15, -0.1) is 0 Å². The Morgan fingerprint density at radius 2 is 1.88 bits per heavy atom. The smallest absolute Gasteiger partial charge is 0.410 e. The van der Waals surface area contributed by atoms with Crippen molar-refractivity contribution in [3.8, 4) is 0 Å². The molecule has 2 saturated heterocycles. The highest BCUT2D eigenvalue weighted by Crippen LogP contribution is 2.32. The lowest BCUT2D eigenvalue weighted by Gasteiger charge is -2.38. The van der Waals surface area contributed by atoms with E-state index in [1.807, 2.05) is 20.9 Å². The van der Waals surface area contributed by atoms with Crippen molar-refractivity contribution >= 4 is 6.09 Å². The molecule has 25 heavy (non-hydrogen) atoms. The molecule has 5 nitrogen and oxygen atoms in total. The largest absolute Gasteiger partial charge is 0.440 e. The number of benzene rings is 1. The maximum atomic E-state index is 11.7. The fourth-order valence-corrected chi connectivity index (χ4v) is 3.85. The van der Waals surface area contributed by atoms with Crippen LogP contribution in [0.4, 0.5) is 4.79 Å². The normalized spacial score (nSPS) is 24.8. The first-order valence-electron chi connectivity index (χ1n) is 9.21. The molecule has 1 N–H and O–H groups in total. The van der Waals surface area contributed by atoms with Crippen LogP contribution in [0.25, 0.3) is 0 Å². The molecule has 0 aliphatic carbocycles. The second-order valence-corrected chi connectivity index (χ2v) is 8.35. The van der Waals surface area contributed by atoms with Crippen molar-refractivity contribution in [2.24, 2.45) is 0 Å². The molecule has 1 amide bonds. The Morgan fingerprint density at radius 1 is 1.20 bits per heavy atom. The van der Waals surface area contributed by atoms with Crippen LogP contribution < -0.4 is 0 Å². The third kappa shape index (κ3) is 4.73. The molecule has 2 aliphatic heterocycles. The Hall–Kier alpha value is -1.59. The number of carbonyl (C=O) groups is 1. The fraction of sp³-hybridized carbons (Fsp3) is 0.650. The van der Waals surface area contributed by atoms with Gasteiger partial charge in [0.1, 0.15) is 5.60 Å². The van der Waals surface area contributed by atoms with E-state index in [1.54, 1.807) is 4.90 Å². The van der Waals surface area contributed by atoms with Crippen LogP contribution in [0.3, 0.4) is 0 Å². The highest BCUT2D eigenvalue weighted by atomic mass is 16.6. The summed E-state index contributed by atoms with van der Waals surface area (Å²) >= 11 is 0. The molecule has 0 aromatic heterocycles. The zero-order valence-electron chi connectivity index (χ0n) is 15.6. The van der Waals surface area contributed by atoms with E-state index in [2.05, 4.69) is 29.2 Å². The topological polar surface area (TPSA) is 53.0 Å². The predicted molar refractivity (Wildman–Crippen MR) is 97.4 cm³/mol. The van der Waals surface area contributed by atoms with Gasteiger partial charge in [0.2, 0.25) is 0 Å². The summed E-state index contributed by atoms with van der Waals surface area (Å²) in [6.45, 7) is 7.13. The molecule has 1 aromatic carbocycles. The number of rotatable bonds is 5. The Bertz CT molecular complexity index is 608. The van der Waals surface area contributed by atoms with E-state index in [9.17, 15) is 9.90 Å². The maximum Gasteiger partial charge on any atom is 0.410 e. The van der Waals surface area contributed by atoms with E-state index >= 15 is 0 Å². The van der Waals surface area contributed by atoms with Gasteiger partial charge in [0.25, 0.3) is 0 Å². The number of aliphatic hydroxyl groups is 1. The highest BCUT2D eigenvalue weighted by molar-refractivity contribution is 5.70. The monoisotopic (exact) mass is 346 g/mol. The quantitative estimate of drug-likeness (QED) is 0.891. The molecule has 138 valence electrons. The molecule has 1 spiro atoms. The van der Waals surface area contributed by atoms with Crippen molar-refractivity contribution in [1.29, 1.82) is 0 Å². The van der Waals surface area contributed by atoms with Gasteiger partial charge < -0.3 is 14.7 Å². The molecule has 0 radical (unpaired) electrons. The number of ether oxygens (including phenoxy) is 1. The summed E-state index contributed by atoms with van der Waals surface area (Å²) in [4.78, 5) is 15.8. The number of likely N-dealkylation sites (tertiary alicyclic amines) is 1. The van der Waals surface area contributed by atoms with E-state index in [0.29, 0.717) is 6.54 Å². The van der Waals surface area contributed by atoms with Crippen LogP contribution in [0.1, 0.15) is 44.2 Å². The zero-order chi connectivity index (χ0) is 18.1. The second-order valence-electron chi connectivity index (χ2n) is 8.35. The van der Waals surface area contributed by atoms with Gasteiger partial charge in [-0.1, -0.05) is 24.3 Å². The van der Waals surface area contributed by atoms with Gasteiger partial charge in [0.15, 0.2) is 0 Å². The van der Waals surface area contributed by atoms with E-state index in [0.717, 1.165) is 45.3 Å². The van der Waals surface area contributed by atoms with Crippen molar-refractivity contribution in [2.75, 3.05) is 26.7 Å². The first kappa shape index (κ1) is 18.2. The molecule has 0 unspecified atom stereocenters. The average molecular weight is 346 g/mol. The molecule has 3 rings (SSSR count). The van der Waals surface area contributed by atoms with Crippen LogP contribution in [0, 0.1) is 0 Å².